The first kappa shape index (κ1) is 18.3. The van der Waals surface area contributed by atoms with Gasteiger partial charge in [-0.05, 0) is 17.8 Å². The zero-order chi connectivity index (χ0) is 15.0. The number of aliphatic imine (C=N–C) groups is 1. The third-order valence-corrected chi connectivity index (χ3v) is 4.85. The first-order valence-electron chi connectivity index (χ1n) is 7.22. The Hall–Kier alpha value is -0.790. The molecule has 0 aromatic carbocycles. The van der Waals surface area contributed by atoms with Crippen LogP contribution in [0.3, 0.4) is 0 Å². The molecule has 0 aliphatic heterocycles. The molecule has 0 atom stereocenters. The van der Waals surface area contributed by atoms with Crippen molar-refractivity contribution in [1.82, 2.24) is 15.4 Å². The summed E-state index contributed by atoms with van der Waals surface area (Å²) in [6.07, 6.45) is 1.60. The van der Waals surface area contributed by atoms with Gasteiger partial charge in [-0.1, -0.05) is 32.9 Å². The summed E-state index contributed by atoms with van der Waals surface area (Å²) < 4.78 is 4.88. The molecule has 1 aliphatic rings. The van der Waals surface area contributed by atoms with Gasteiger partial charge in [0.25, 0.3) is 0 Å². The van der Waals surface area contributed by atoms with Crippen molar-refractivity contribution >= 4 is 29.9 Å². The fourth-order valence-corrected chi connectivity index (χ4v) is 2.75. The number of rotatable bonds is 4. The Morgan fingerprint density at radius 2 is 2.00 bits per heavy atom. The summed E-state index contributed by atoms with van der Waals surface area (Å²) in [5, 5.41) is 7.55. The topological polar surface area (TPSA) is 53.7 Å². The molecule has 1 saturated carbocycles. The van der Waals surface area contributed by atoms with E-state index < -0.39 is 0 Å². The number of aromatic nitrogens is 1. The van der Waals surface area contributed by atoms with E-state index in [-0.39, 0.29) is 34.8 Å². The Morgan fingerprint density at radius 3 is 2.43 bits per heavy atom. The van der Waals surface area contributed by atoms with E-state index in [1.54, 1.807) is 6.26 Å². The van der Waals surface area contributed by atoms with Crippen molar-refractivity contribution in [3.05, 3.63) is 18.0 Å². The summed E-state index contributed by atoms with van der Waals surface area (Å²) >= 11 is 0. The van der Waals surface area contributed by atoms with Gasteiger partial charge in [0, 0.05) is 25.7 Å². The molecule has 1 N–H and O–H groups in total. The monoisotopic (exact) mass is 406 g/mol. The summed E-state index contributed by atoms with van der Waals surface area (Å²) in [6.45, 7) is 12.7. The molecule has 21 heavy (non-hydrogen) atoms. The van der Waals surface area contributed by atoms with E-state index in [1.807, 2.05) is 13.1 Å². The summed E-state index contributed by atoms with van der Waals surface area (Å²) in [7, 11) is 2.03. The maximum atomic E-state index is 4.88. The highest BCUT2D eigenvalue weighted by Gasteiger charge is 2.65. The average Bonchev–Trinajstić information content (AvgIpc) is 2.78. The second-order valence-electron chi connectivity index (χ2n) is 6.67. The molecule has 1 aromatic heterocycles. The van der Waals surface area contributed by atoms with Crippen molar-refractivity contribution in [2.75, 3.05) is 13.6 Å². The number of halogens is 1. The van der Waals surface area contributed by atoms with Crippen molar-refractivity contribution in [2.24, 2.45) is 15.8 Å². The van der Waals surface area contributed by atoms with E-state index in [4.69, 9.17) is 4.52 Å². The van der Waals surface area contributed by atoms with Crippen LogP contribution in [0.25, 0.3) is 0 Å². The molecule has 1 aliphatic carbocycles. The molecule has 120 valence electrons. The molecule has 0 unspecified atom stereocenters. The van der Waals surface area contributed by atoms with Crippen molar-refractivity contribution in [1.29, 1.82) is 0 Å². The lowest BCUT2D eigenvalue weighted by molar-refractivity contribution is 0.389. The average molecular weight is 406 g/mol. The minimum atomic E-state index is 0. The molecule has 0 bridgehead atoms. The Morgan fingerprint density at radius 1 is 1.38 bits per heavy atom. The molecule has 1 fully saturated rings. The van der Waals surface area contributed by atoms with Crippen LogP contribution in [0.4, 0.5) is 0 Å². The number of hydrogen-bond acceptors (Lipinski definition) is 3. The first-order valence-corrected chi connectivity index (χ1v) is 7.22. The van der Waals surface area contributed by atoms with Crippen LogP contribution >= 0.6 is 24.0 Å². The summed E-state index contributed by atoms with van der Waals surface area (Å²) in [5.41, 5.74) is 1.49. The fraction of sp³-hybridized carbons (Fsp3) is 0.733. The third-order valence-electron chi connectivity index (χ3n) is 4.85. The number of nitrogens with one attached hydrogen (secondary N) is 1. The van der Waals surface area contributed by atoms with E-state index in [2.05, 4.69) is 55.0 Å². The Balaban J connectivity index is 0.00000220. The summed E-state index contributed by atoms with van der Waals surface area (Å²) in [6, 6.07) is 2.32. The molecule has 2 rings (SSSR count). The van der Waals surface area contributed by atoms with Gasteiger partial charge in [0.1, 0.15) is 12.0 Å². The van der Waals surface area contributed by atoms with Gasteiger partial charge in [0.05, 0.1) is 6.54 Å². The molecule has 0 spiro atoms. The largest absolute Gasteiger partial charge is 0.364 e. The smallest absolute Gasteiger partial charge is 0.194 e. The number of hydrogen-bond donors (Lipinski definition) is 1. The van der Waals surface area contributed by atoms with Gasteiger partial charge in [-0.2, -0.15) is 0 Å². The highest BCUT2D eigenvalue weighted by atomic mass is 127. The summed E-state index contributed by atoms with van der Waals surface area (Å²) in [5.74, 6) is 0.930. The first-order chi connectivity index (χ1) is 9.30. The standard InChI is InChI=1S/C15H26N4O.HI/c1-7-16-13(17-12-14(2,3)15(12,4)5)19(6)10-11-8-9-20-18-11;/h8-9,12H,7,10H2,1-6H3,(H,16,17);1H. The van der Waals surface area contributed by atoms with Gasteiger partial charge in [-0.15, -0.1) is 24.0 Å². The second kappa shape index (κ2) is 6.54. The maximum Gasteiger partial charge on any atom is 0.194 e. The zero-order valence-electron chi connectivity index (χ0n) is 13.8. The van der Waals surface area contributed by atoms with Crippen molar-refractivity contribution in [2.45, 2.75) is 47.2 Å². The predicted octanol–water partition coefficient (Wildman–Crippen LogP) is 3.12. The highest BCUT2D eigenvalue weighted by Crippen LogP contribution is 2.62. The van der Waals surface area contributed by atoms with Crippen molar-refractivity contribution < 1.29 is 4.52 Å². The van der Waals surface area contributed by atoms with Crippen molar-refractivity contribution in [3.8, 4) is 0 Å². The normalized spacial score (nSPS) is 19.8. The van der Waals surface area contributed by atoms with Crippen LogP contribution in [0.5, 0.6) is 0 Å². The lowest BCUT2D eigenvalue weighted by Crippen LogP contribution is -2.41. The lowest BCUT2D eigenvalue weighted by atomic mass is 10.0. The SMILES string of the molecule is CCN=C(NC1C(C)(C)C1(C)C)N(C)Cc1ccon1.I. The van der Waals surface area contributed by atoms with Crippen LogP contribution in [0.15, 0.2) is 21.8 Å². The van der Waals surface area contributed by atoms with E-state index in [0.717, 1.165) is 18.2 Å². The van der Waals surface area contributed by atoms with Crippen LogP contribution < -0.4 is 5.32 Å². The Bertz CT molecular complexity index is 468. The van der Waals surface area contributed by atoms with E-state index in [0.29, 0.717) is 12.6 Å². The van der Waals surface area contributed by atoms with Gasteiger partial charge >= 0.3 is 0 Å². The fourth-order valence-electron chi connectivity index (χ4n) is 2.75. The van der Waals surface area contributed by atoms with Crippen LogP contribution in [-0.4, -0.2) is 35.7 Å². The van der Waals surface area contributed by atoms with E-state index >= 15 is 0 Å². The van der Waals surface area contributed by atoms with Crippen LogP contribution in [0.2, 0.25) is 0 Å². The van der Waals surface area contributed by atoms with Gasteiger partial charge in [-0.25, -0.2) is 0 Å². The van der Waals surface area contributed by atoms with E-state index in [1.165, 1.54) is 0 Å². The van der Waals surface area contributed by atoms with Gasteiger partial charge in [-0.3, -0.25) is 4.99 Å². The summed E-state index contributed by atoms with van der Waals surface area (Å²) in [4.78, 5) is 6.68. The third kappa shape index (κ3) is 3.52. The molecule has 5 nitrogen and oxygen atoms in total. The Kier molecular flexibility index (Phi) is 5.69. The Labute approximate surface area is 144 Å². The second-order valence-corrected chi connectivity index (χ2v) is 6.67. The van der Waals surface area contributed by atoms with Gasteiger partial charge < -0.3 is 14.7 Å². The van der Waals surface area contributed by atoms with Crippen LogP contribution in [0.1, 0.15) is 40.3 Å². The molecule has 0 amide bonds. The number of nitrogens with zero attached hydrogens (tertiary/aromatic N) is 3. The zero-order valence-corrected chi connectivity index (χ0v) is 16.1. The molecule has 0 saturated heterocycles. The molecule has 0 radical (unpaired) electrons. The maximum absolute atomic E-state index is 4.88. The molecule has 1 heterocycles. The van der Waals surface area contributed by atoms with Gasteiger partial charge in [0.15, 0.2) is 5.96 Å². The highest BCUT2D eigenvalue weighted by molar-refractivity contribution is 14.0. The van der Waals surface area contributed by atoms with Crippen molar-refractivity contribution in [3.63, 3.8) is 0 Å². The molecule has 6 heteroatoms. The quantitative estimate of drug-likeness (QED) is 0.474. The number of guanidine groups is 1. The van der Waals surface area contributed by atoms with Crippen LogP contribution in [0, 0.1) is 10.8 Å². The minimum Gasteiger partial charge on any atom is -0.364 e. The lowest BCUT2D eigenvalue weighted by Gasteiger charge is -2.22. The van der Waals surface area contributed by atoms with Gasteiger partial charge in [0.2, 0.25) is 0 Å². The predicted molar refractivity (Wildman–Crippen MR) is 95.8 cm³/mol. The molecular weight excluding hydrogens is 379 g/mol. The molecule has 1 aromatic rings. The molecular formula is C15H27IN4O. The minimum absolute atomic E-state index is 0. The van der Waals surface area contributed by atoms with E-state index in [9.17, 15) is 0 Å². The van der Waals surface area contributed by atoms with Crippen LogP contribution in [-0.2, 0) is 6.54 Å².